The zero-order valence-corrected chi connectivity index (χ0v) is 14.7. The summed E-state index contributed by atoms with van der Waals surface area (Å²) in [6.45, 7) is 0. The van der Waals surface area contributed by atoms with Gasteiger partial charge in [0.1, 0.15) is 6.04 Å². The SMILES string of the molecule is NC(Cc1c(-c2ccc(-c3ccccc3)cc2)nc2sccn12)C(=O)O. The average molecular weight is 363 g/mol. The molecule has 0 bridgehead atoms. The van der Waals surface area contributed by atoms with Crippen molar-refractivity contribution >= 4 is 22.3 Å². The Balaban J connectivity index is 1.74. The van der Waals surface area contributed by atoms with Crippen LogP contribution < -0.4 is 5.73 Å². The maximum absolute atomic E-state index is 11.2. The largest absolute Gasteiger partial charge is 0.480 e. The summed E-state index contributed by atoms with van der Waals surface area (Å²) in [5, 5.41) is 11.1. The van der Waals surface area contributed by atoms with Gasteiger partial charge in [-0.25, -0.2) is 4.98 Å². The van der Waals surface area contributed by atoms with E-state index >= 15 is 0 Å². The molecule has 26 heavy (non-hydrogen) atoms. The second kappa shape index (κ2) is 6.74. The van der Waals surface area contributed by atoms with Crippen LogP contribution >= 0.6 is 11.3 Å². The van der Waals surface area contributed by atoms with Crippen LogP contribution in [0.1, 0.15) is 5.69 Å². The van der Waals surface area contributed by atoms with E-state index in [1.165, 1.54) is 11.3 Å². The summed E-state index contributed by atoms with van der Waals surface area (Å²) < 4.78 is 1.92. The van der Waals surface area contributed by atoms with E-state index in [-0.39, 0.29) is 6.42 Å². The van der Waals surface area contributed by atoms with Gasteiger partial charge in [0, 0.05) is 23.6 Å². The lowest BCUT2D eigenvalue weighted by molar-refractivity contribution is -0.138. The van der Waals surface area contributed by atoms with Gasteiger partial charge in [-0.2, -0.15) is 0 Å². The summed E-state index contributed by atoms with van der Waals surface area (Å²) in [4.78, 5) is 16.7. The first kappa shape index (κ1) is 16.5. The maximum Gasteiger partial charge on any atom is 0.320 e. The molecule has 0 spiro atoms. The molecule has 2 heterocycles. The first-order chi connectivity index (χ1) is 12.6. The van der Waals surface area contributed by atoms with Gasteiger partial charge in [-0.05, 0) is 11.1 Å². The van der Waals surface area contributed by atoms with Crippen molar-refractivity contribution in [1.82, 2.24) is 9.38 Å². The van der Waals surface area contributed by atoms with Gasteiger partial charge in [0.05, 0.1) is 11.4 Å². The Kier molecular flexibility index (Phi) is 4.28. The summed E-state index contributed by atoms with van der Waals surface area (Å²) in [5.41, 5.74) is 10.6. The number of carboxylic acid groups (broad SMARTS) is 1. The van der Waals surface area contributed by atoms with Gasteiger partial charge in [-0.3, -0.25) is 9.20 Å². The Hall–Kier alpha value is -2.96. The summed E-state index contributed by atoms with van der Waals surface area (Å²) in [7, 11) is 0. The Morgan fingerprint density at radius 2 is 1.73 bits per heavy atom. The molecule has 5 nitrogen and oxygen atoms in total. The van der Waals surface area contributed by atoms with E-state index in [2.05, 4.69) is 24.3 Å². The zero-order valence-electron chi connectivity index (χ0n) is 13.9. The molecular formula is C20H17N3O2S. The third-order valence-corrected chi connectivity index (χ3v) is 5.11. The summed E-state index contributed by atoms with van der Waals surface area (Å²) in [6.07, 6.45) is 2.13. The van der Waals surface area contributed by atoms with Crippen molar-refractivity contribution in [3.63, 3.8) is 0 Å². The van der Waals surface area contributed by atoms with Crippen LogP contribution in [0.2, 0.25) is 0 Å². The van der Waals surface area contributed by atoms with Crippen LogP contribution in [-0.2, 0) is 11.2 Å². The van der Waals surface area contributed by atoms with Gasteiger partial charge in [-0.15, -0.1) is 11.3 Å². The van der Waals surface area contributed by atoms with Crippen LogP contribution in [-0.4, -0.2) is 26.5 Å². The van der Waals surface area contributed by atoms with E-state index in [1.54, 1.807) is 0 Å². The molecule has 0 aliphatic heterocycles. The van der Waals surface area contributed by atoms with E-state index in [0.717, 1.165) is 33.0 Å². The summed E-state index contributed by atoms with van der Waals surface area (Å²) >= 11 is 1.52. The molecule has 0 saturated heterocycles. The van der Waals surface area contributed by atoms with Crippen LogP contribution in [0.4, 0.5) is 0 Å². The van der Waals surface area contributed by atoms with Crippen LogP contribution in [0.5, 0.6) is 0 Å². The van der Waals surface area contributed by atoms with Crippen LogP contribution in [0.15, 0.2) is 66.2 Å². The standard InChI is InChI=1S/C20H17N3O2S/c21-16(19(24)25)12-17-18(22-20-23(17)10-11-26-20)15-8-6-14(7-9-15)13-4-2-1-3-5-13/h1-11,16H,12,21H2,(H,24,25). The molecule has 1 atom stereocenters. The zero-order chi connectivity index (χ0) is 18.1. The third kappa shape index (κ3) is 3.00. The highest BCUT2D eigenvalue weighted by Gasteiger charge is 2.20. The predicted octanol–water partition coefficient (Wildman–Crippen LogP) is 3.68. The third-order valence-electron chi connectivity index (χ3n) is 4.36. The molecule has 1 unspecified atom stereocenters. The Morgan fingerprint density at radius 3 is 2.42 bits per heavy atom. The second-order valence-corrected chi connectivity index (χ2v) is 6.93. The number of imidazole rings is 1. The molecule has 2 aromatic heterocycles. The van der Waals surface area contributed by atoms with E-state index in [4.69, 9.17) is 10.7 Å². The van der Waals surface area contributed by atoms with Gasteiger partial charge >= 0.3 is 5.97 Å². The number of hydrogen-bond donors (Lipinski definition) is 2. The number of aliphatic carboxylic acids is 1. The molecule has 0 amide bonds. The molecule has 130 valence electrons. The molecule has 0 saturated carbocycles. The highest BCUT2D eigenvalue weighted by atomic mass is 32.1. The van der Waals surface area contributed by atoms with Gasteiger partial charge in [0.25, 0.3) is 0 Å². The maximum atomic E-state index is 11.2. The topological polar surface area (TPSA) is 80.6 Å². The molecule has 0 fully saturated rings. The molecule has 6 heteroatoms. The van der Waals surface area contributed by atoms with E-state index in [1.807, 2.05) is 46.3 Å². The average Bonchev–Trinajstić information content (AvgIpc) is 3.25. The fourth-order valence-corrected chi connectivity index (χ4v) is 3.74. The van der Waals surface area contributed by atoms with Crippen molar-refractivity contribution in [2.75, 3.05) is 0 Å². The molecular weight excluding hydrogens is 346 g/mol. The van der Waals surface area contributed by atoms with E-state index in [9.17, 15) is 9.90 Å². The smallest absolute Gasteiger partial charge is 0.320 e. The van der Waals surface area contributed by atoms with Crippen LogP contribution in [0.3, 0.4) is 0 Å². The van der Waals surface area contributed by atoms with Crippen molar-refractivity contribution < 1.29 is 9.90 Å². The van der Waals surface area contributed by atoms with Crippen molar-refractivity contribution in [1.29, 1.82) is 0 Å². The molecule has 3 N–H and O–H groups in total. The summed E-state index contributed by atoms with van der Waals surface area (Å²) in [6, 6.07) is 17.3. The number of carbonyl (C=O) groups is 1. The van der Waals surface area contributed by atoms with Crippen molar-refractivity contribution in [2.45, 2.75) is 12.5 Å². The highest BCUT2D eigenvalue weighted by Crippen LogP contribution is 2.29. The number of aromatic nitrogens is 2. The Morgan fingerprint density at radius 1 is 1.08 bits per heavy atom. The fourth-order valence-electron chi connectivity index (χ4n) is 3.01. The molecule has 4 rings (SSSR count). The highest BCUT2D eigenvalue weighted by molar-refractivity contribution is 7.15. The normalized spacial score (nSPS) is 12.3. The van der Waals surface area contributed by atoms with Crippen molar-refractivity contribution in [3.05, 3.63) is 71.9 Å². The number of thiazole rings is 1. The molecule has 0 radical (unpaired) electrons. The second-order valence-electron chi connectivity index (χ2n) is 6.05. The molecule has 2 aromatic carbocycles. The predicted molar refractivity (Wildman–Crippen MR) is 103 cm³/mol. The van der Waals surface area contributed by atoms with E-state index in [0.29, 0.717) is 0 Å². The lowest BCUT2D eigenvalue weighted by Crippen LogP contribution is -2.32. The van der Waals surface area contributed by atoms with Gasteiger partial charge in [0.2, 0.25) is 0 Å². The fraction of sp³-hybridized carbons (Fsp3) is 0.100. The minimum atomic E-state index is -1.01. The Labute approximate surface area is 154 Å². The Bertz CT molecular complexity index is 1050. The summed E-state index contributed by atoms with van der Waals surface area (Å²) in [5.74, 6) is -1.01. The number of nitrogens with two attached hydrogens (primary N) is 1. The lowest BCUT2D eigenvalue weighted by Gasteiger charge is -2.09. The monoisotopic (exact) mass is 363 g/mol. The minimum absolute atomic E-state index is 0.225. The first-order valence-corrected chi connectivity index (χ1v) is 9.10. The van der Waals surface area contributed by atoms with Gasteiger partial charge < -0.3 is 10.8 Å². The van der Waals surface area contributed by atoms with Crippen molar-refractivity contribution in [3.8, 4) is 22.4 Å². The number of hydrogen-bond acceptors (Lipinski definition) is 4. The molecule has 0 aliphatic carbocycles. The van der Waals surface area contributed by atoms with E-state index < -0.39 is 12.0 Å². The number of carboxylic acids is 1. The minimum Gasteiger partial charge on any atom is -0.480 e. The lowest BCUT2D eigenvalue weighted by atomic mass is 10.0. The van der Waals surface area contributed by atoms with Crippen LogP contribution in [0.25, 0.3) is 27.3 Å². The molecule has 4 aromatic rings. The van der Waals surface area contributed by atoms with Crippen molar-refractivity contribution in [2.24, 2.45) is 5.73 Å². The quantitative estimate of drug-likeness (QED) is 0.567. The molecule has 0 aliphatic rings. The number of rotatable bonds is 5. The first-order valence-electron chi connectivity index (χ1n) is 8.22. The van der Waals surface area contributed by atoms with Gasteiger partial charge in [-0.1, -0.05) is 54.6 Å². The number of nitrogens with zero attached hydrogens (tertiary/aromatic N) is 2. The number of fused-ring (bicyclic) bond motifs is 1. The van der Waals surface area contributed by atoms with Crippen LogP contribution in [0, 0.1) is 0 Å². The number of benzene rings is 2. The van der Waals surface area contributed by atoms with Gasteiger partial charge in [0.15, 0.2) is 4.96 Å².